The lowest BCUT2D eigenvalue weighted by molar-refractivity contribution is 0.978. The van der Waals surface area contributed by atoms with Gasteiger partial charge in [0.2, 0.25) is 0 Å². The molecule has 53 heavy (non-hydrogen) atoms. The van der Waals surface area contributed by atoms with Crippen LogP contribution in [-0.4, -0.2) is 9.52 Å². The molecule has 0 aliphatic heterocycles. The van der Waals surface area contributed by atoms with Gasteiger partial charge < -0.3 is 0 Å². The molecule has 2 radical (unpaired) electrons. The minimum Gasteiger partial charge on any atom is -0.0628 e. The lowest BCUT2D eigenvalue weighted by atomic mass is 9.87. The van der Waals surface area contributed by atoms with Crippen LogP contribution in [0.3, 0.4) is 0 Å². The Balaban J connectivity index is 0.892. The Morgan fingerprint density at radius 1 is 0.358 bits per heavy atom. The van der Waals surface area contributed by atoms with Crippen molar-refractivity contribution in [3.8, 4) is 22.3 Å². The summed E-state index contributed by atoms with van der Waals surface area (Å²) in [6.45, 7) is 4.58. The molecule has 0 bridgehead atoms. The molecule has 1 heteroatoms. The van der Waals surface area contributed by atoms with Gasteiger partial charge in [-0.05, 0) is 91.0 Å². The van der Waals surface area contributed by atoms with Crippen LogP contribution in [0, 0.1) is 0 Å². The van der Waals surface area contributed by atoms with Gasteiger partial charge in [-0.25, -0.2) is 0 Å². The van der Waals surface area contributed by atoms with E-state index in [1.807, 2.05) is 0 Å². The highest BCUT2D eigenvalue weighted by Crippen LogP contribution is 2.47. The summed E-state index contributed by atoms with van der Waals surface area (Å²) in [6, 6.07) is 63.2. The van der Waals surface area contributed by atoms with Crippen molar-refractivity contribution in [3.63, 3.8) is 0 Å². The molecule has 0 saturated heterocycles. The highest BCUT2D eigenvalue weighted by molar-refractivity contribution is 6.67. The van der Waals surface area contributed by atoms with E-state index in [4.69, 9.17) is 0 Å². The van der Waals surface area contributed by atoms with Gasteiger partial charge in [-0.15, -0.1) is 0 Å². The van der Waals surface area contributed by atoms with Gasteiger partial charge in [0.25, 0.3) is 0 Å². The number of fused-ring (bicyclic) bond motifs is 4. The van der Waals surface area contributed by atoms with Crippen molar-refractivity contribution in [2.45, 2.75) is 25.7 Å². The number of hydrogen-bond donors (Lipinski definition) is 0. The standard InChI is InChI=1S/C52H38Si/c1-33-31-49-45(43-17-7-13-35-11-3-5-15-41(35)43)19-9-21-47(49)51(33)37-23-27-39(28-24-37)53-40-29-25-38(26-30-40)52-34(2)32-50-46(20-10-22-48(50)52)44-18-8-14-36-12-4-6-16-42(36)44/h3-32,51-52H,1-2H3. The van der Waals surface area contributed by atoms with Crippen molar-refractivity contribution >= 4 is 53.6 Å². The third kappa shape index (κ3) is 5.43. The van der Waals surface area contributed by atoms with Gasteiger partial charge in [0, 0.05) is 11.8 Å². The monoisotopic (exact) mass is 690 g/mol. The Bertz CT molecular complexity index is 2560. The van der Waals surface area contributed by atoms with Crippen molar-refractivity contribution in [1.29, 1.82) is 0 Å². The second-order valence-electron chi connectivity index (χ2n) is 14.7. The Kier molecular flexibility index (Phi) is 7.70. The molecule has 2 unspecified atom stereocenters. The fraction of sp³-hybridized carbons (Fsp3) is 0.0769. The molecule has 2 aliphatic carbocycles. The van der Waals surface area contributed by atoms with Crippen LogP contribution >= 0.6 is 0 Å². The molecule has 0 N–H and O–H groups in total. The van der Waals surface area contributed by atoms with Crippen LogP contribution in [0.2, 0.25) is 0 Å². The topological polar surface area (TPSA) is 0 Å². The van der Waals surface area contributed by atoms with E-state index in [0.717, 1.165) is 0 Å². The molecule has 0 nitrogen and oxygen atoms in total. The molecule has 250 valence electrons. The third-order valence-electron chi connectivity index (χ3n) is 11.5. The summed E-state index contributed by atoms with van der Waals surface area (Å²) in [5.74, 6) is 0.562. The Labute approximate surface area is 314 Å². The zero-order valence-corrected chi connectivity index (χ0v) is 31.0. The molecule has 8 aromatic carbocycles. The SMILES string of the molecule is CC1=Cc2c(-c3cccc4ccccc34)cccc2C1c1ccc([Si]c2ccc(C3C(C)=Cc4c(-c5cccc6ccccc56)cccc43)cc2)cc1. The van der Waals surface area contributed by atoms with Crippen LogP contribution in [0.1, 0.15) is 59.1 Å². The maximum absolute atomic E-state index is 2.42. The van der Waals surface area contributed by atoms with Gasteiger partial charge in [0.1, 0.15) is 9.52 Å². The largest absolute Gasteiger partial charge is 0.121 e. The van der Waals surface area contributed by atoms with E-state index in [0.29, 0.717) is 9.52 Å². The molecule has 0 aromatic heterocycles. The molecule has 2 aliphatic rings. The molecule has 0 amide bonds. The van der Waals surface area contributed by atoms with Gasteiger partial charge in [0.05, 0.1) is 0 Å². The zero-order valence-electron chi connectivity index (χ0n) is 30.0. The number of allylic oxidation sites excluding steroid dienone is 2. The maximum atomic E-state index is 2.42. The summed E-state index contributed by atoms with van der Waals surface area (Å²) in [5, 5.41) is 7.92. The van der Waals surface area contributed by atoms with Crippen LogP contribution < -0.4 is 10.4 Å². The number of hydrogen-bond acceptors (Lipinski definition) is 0. The van der Waals surface area contributed by atoms with E-state index in [1.54, 1.807) is 0 Å². The summed E-state index contributed by atoms with van der Waals surface area (Å²) < 4.78 is 0. The highest BCUT2D eigenvalue weighted by Gasteiger charge is 2.28. The average Bonchev–Trinajstić information content (AvgIpc) is 3.73. The average molecular weight is 691 g/mol. The van der Waals surface area contributed by atoms with Gasteiger partial charge in [-0.1, -0.05) is 204 Å². The normalized spacial score (nSPS) is 16.0. The van der Waals surface area contributed by atoms with E-state index in [2.05, 4.69) is 196 Å². The zero-order chi connectivity index (χ0) is 35.5. The molecule has 0 spiro atoms. The summed E-state index contributed by atoms with van der Waals surface area (Å²) in [6.07, 6.45) is 4.83. The highest BCUT2D eigenvalue weighted by atomic mass is 28.2. The first kappa shape index (κ1) is 31.7. The van der Waals surface area contributed by atoms with Crippen LogP contribution in [0.15, 0.2) is 181 Å². The van der Waals surface area contributed by atoms with Crippen molar-refractivity contribution in [3.05, 3.63) is 214 Å². The summed E-state index contributed by atoms with van der Waals surface area (Å²) in [5.41, 5.74) is 16.3. The predicted octanol–water partition coefficient (Wildman–Crippen LogP) is 12.1. The fourth-order valence-corrected chi connectivity index (χ4v) is 10.1. The smallest absolute Gasteiger partial charge is 0.0628 e. The Morgan fingerprint density at radius 2 is 0.736 bits per heavy atom. The Morgan fingerprint density at radius 3 is 1.19 bits per heavy atom. The molecule has 2 atom stereocenters. The molecule has 10 rings (SSSR count). The van der Waals surface area contributed by atoms with Crippen LogP contribution in [0.5, 0.6) is 0 Å². The minimum absolute atomic E-state index is 0.281. The second kappa shape index (κ2) is 12.9. The maximum Gasteiger partial charge on any atom is 0.121 e. The third-order valence-corrected chi connectivity index (χ3v) is 12.7. The van der Waals surface area contributed by atoms with Gasteiger partial charge in [0.15, 0.2) is 0 Å². The van der Waals surface area contributed by atoms with Crippen molar-refractivity contribution < 1.29 is 0 Å². The number of benzene rings is 8. The van der Waals surface area contributed by atoms with Gasteiger partial charge in [-0.2, -0.15) is 0 Å². The first-order valence-corrected chi connectivity index (χ1v) is 19.7. The van der Waals surface area contributed by atoms with Gasteiger partial charge >= 0.3 is 0 Å². The van der Waals surface area contributed by atoms with E-state index >= 15 is 0 Å². The molecule has 0 heterocycles. The lowest BCUT2D eigenvalue weighted by Crippen LogP contribution is -2.27. The predicted molar refractivity (Wildman–Crippen MR) is 228 cm³/mol. The van der Waals surface area contributed by atoms with Crippen molar-refractivity contribution in [2.24, 2.45) is 0 Å². The van der Waals surface area contributed by atoms with Gasteiger partial charge in [-0.3, -0.25) is 0 Å². The summed E-state index contributed by atoms with van der Waals surface area (Å²) >= 11 is 0. The minimum atomic E-state index is 0.281. The van der Waals surface area contributed by atoms with E-state index in [-0.39, 0.29) is 11.8 Å². The first-order valence-electron chi connectivity index (χ1n) is 18.7. The number of rotatable bonds is 6. The van der Waals surface area contributed by atoms with Crippen molar-refractivity contribution in [1.82, 2.24) is 0 Å². The quantitative estimate of drug-likeness (QED) is 0.152. The lowest BCUT2D eigenvalue weighted by Gasteiger charge is -2.18. The van der Waals surface area contributed by atoms with E-state index < -0.39 is 0 Å². The van der Waals surface area contributed by atoms with Crippen LogP contribution in [0.4, 0.5) is 0 Å². The first-order chi connectivity index (χ1) is 26.1. The molecule has 0 fully saturated rings. The summed E-state index contributed by atoms with van der Waals surface area (Å²) in [4.78, 5) is 0. The van der Waals surface area contributed by atoms with Crippen molar-refractivity contribution in [2.75, 3.05) is 0 Å². The van der Waals surface area contributed by atoms with Crippen LogP contribution in [-0.2, 0) is 0 Å². The fourth-order valence-electron chi connectivity index (χ4n) is 9.06. The second-order valence-corrected chi connectivity index (χ2v) is 16.1. The van der Waals surface area contributed by atoms with Crippen LogP contribution in [0.25, 0.3) is 56.0 Å². The van der Waals surface area contributed by atoms with E-state index in [9.17, 15) is 0 Å². The molecular formula is C52H38Si. The van der Waals surface area contributed by atoms with E-state index in [1.165, 1.54) is 98.7 Å². The molecule has 8 aromatic rings. The molecular weight excluding hydrogens is 653 g/mol. The molecule has 0 saturated carbocycles. The summed E-state index contributed by atoms with van der Waals surface area (Å²) in [7, 11) is 0.615. The Hall–Kier alpha value is -6.02.